The number of nitrogens with one attached hydrogen (secondary N) is 2. The summed E-state index contributed by atoms with van der Waals surface area (Å²) in [6, 6.07) is 15.1. The van der Waals surface area contributed by atoms with Gasteiger partial charge in [-0.3, -0.25) is 9.59 Å². The molecule has 2 N–H and O–H groups in total. The van der Waals surface area contributed by atoms with Crippen molar-refractivity contribution in [2.45, 2.75) is 6.92 Å². The van der Waals surface area contributed by atoms with Crippen molar-refractivity contribution in [2.75, 3.05) is 10.6 Å². The fourth-order valence-electron chi connectivity index (χ4n) is 2.68. The van der Waals surface area contributed by atoms with Crippen LogP contribution in [0.4, 0.5) is 11.4 Å². The molecule has 0 atom stereocenters. The maximum Gasteiger partial charge on any atom is 0.295 e. The van der Waals surface area contributed by atoms with Crippen molar-refractivity contribution in [3.8, 4) is 0 Å². The minimum absolute atomic E-state index is 0.0226. The van der Waals surface area contributed by atoms with Crippen LogP contribution in [0, 0.1) is 6.92 Å². The van der Waals surface area contributed by atoms with Gasteiger partial charge in [0.05, 0.1) is 11.4 Å². The number of halogens is 1. The molecule has 0 bridgehead atoms. The molecule has 2 amide bonds. The van der Waals surface area contributed by atoms with Crippen LogP contribution in [-0.4, -0.2) is 31.4 Å². The summed E-state index contributed by atoms with van der Waals surface area (Å²) in [6.45, 7) is 1.84. The Kier molecular flexibility index (Phi) is 4.92. The van der Waals surface area contributed by atoms with Crippen molar-refractivity contribution in [3.05, 3.63) is 82.9 Å². The van der Waals surface area contributed by atoms with Gasteiger partial charge in [-0.25, -0.2) is 9.50 Å². The number of carbonyl (C=O) groups excluding carboxylic acids is 2. The van der Waals surface area contributed by atoms with E-state index in [0.717, 1.165) is 5.69 Å². The molecule has 9 heteroatoms. The Hall–Kier alpha value is -3.78. The molecule has 2 aromatic carbocycles. The second kappa shape index (κ2) is 7.69. The summed E-state index contributed by atoms with van der Waals surface area (Å²) in [6.07, 6.45) is 1.60. The zero-order valence-corrected chi connectivity index (χ0v) is 16.0. The van der Waals surface area contributed by atoms with E-state index in [-0.39, 0.29) is 11.7 Å². The maximum absolute atomic E-state index is 12.6. The van der Waals surface area contributed by atoms with Crippen LogP contribution < -0.4 is 10.6 Å². The van der Waals surface area contributed by atoms with Crippen LogP contribution in [0.2, 0.25) is 5.02 Å². The third kappa shape index (κ3) is 3.92. The van der Waals surface area contributed by atoms with Gasteiger partial charge in [-0.1, -0.05) is 23.7 Å². The quantitative estimate of drug-likeness (QED) is 0.539. The number of carbonyl (C=O) groups is 2. The summed E-state index contributed by atoms with van der Waals surface area (Å²) in [5.74, 6) is -0.526. The fraction of sp³-hybridized carbons (Fsp3) is 0.0500. The molecule has 0 aliphatic heterocycles. The van der Waals surface area contributed by atoms with Gasteiger partial charge < -0.3 is 10.6 Å². The second-order valence-corrected chi connectivity index (χ2v) is 6.63. The zero-order valence-electron chi connectivity index (χ0n) is 15.3. The van der Waals surface area contributed by atoms with Crippen LogP contribution >= 0.6 is 11.6 Å². The fourth-order valence-corrected chi connectivity index (χ4v) is 2.80. The molecule has 0 fully saturated rings. The Balaban J connectivity index is 1.56. The highest BCUT2D eigenvalue weighted by molar-refractivity contribution is 6.30. The van der Waals surface area contributed by atoms with Crippen molar-refractivity contribution in [2.24, 2.45) is 0 Å². The lowest BCUT2D eigenvalue weighted by Gasteiger charge is -2.11. The molecule has 2 heterocycles. The molecule has 0 aliphatic rings. The Labute approximate surface area is 170 Å². The van der Waals surface area contributed by atoms with Crippen LogP contribution in [0.25, 0.3) is 5.78 Å². The summed E-state index contributed by atoms with van der Waals surface area (Å²) in [5.41, 5.74) is 2.11. The summed E-state index contributed by atoms with van der Waals surface area (Å²) >= 11 is 5.86. The zero-order chi connectivity index (χ0) is 20.4. The number of hydrogen-bond donors (Lipinski definition) is 2. The average Bonchev–Trinajstić information content (AvgIpc) is 3.16. The molecule has 144 valence electrons. The number of anilines is 2. The highest BCUT2D eigenvalue weighted by atomic mass is 35.5. The summed E-state index contributed by atoms with van der Waals surface area (Å²) in [5, 5.41) is 10.2. The van der Waals surface area contributed by atoms with Crippen LogP contribution in [-0.2, 0) is 0 Å². The standard InChI is InChI=1S/C20H15ClN6O2/c1-12-10-11-22-20-25-17(26-27(12)20)19(29)24-16-5-3-2-4-15(16)23-18(28)13-6-8-14(21)9-7-13/h2-11H,1H3,(H,23,28)(H,24,29). The number of rotatable bonds is 4. The first kappa shape index (κ1) is 18.6. The highest BCUT2D eigenvalue weighted by Gasteiger charge is 2.17. The molecule has 29 heavy (non-hydrogen) atoms. The van der Waals surface area contributed by atoms with Gasteiger partial charge in [-0.2, -0.15) is 4.98 Å². The van der Waals surface area contributed by atoms with E-state index in [0.29, 0.717) is 27.7 Å². The average molecular weight is 407 g/mol. The van der Waals surface area contributed by atoms with Gasteiger partial charge in [0.25, 0.3) is 17.6 Å². The van der Waals surface area contributed by atoms with Gasteiger partial charge in [-0.15, -0.1) is 5.10 Å². The molecule has 0 saturated heterocycles. The van der Waals surface area contributed by atoms with E-state index in [9.17, 15) is 9.59 Å². The Morgan fingerprint density at radius 1 is 0.931 bits per heavy atom. The first-order chi connectivity index (χ1) is 14.0. The number of aromatic nitrogens is 4. The molecule has 0 saturated carbocycles. The van der Waals surface area contributed by atoms with Gasteiger partial charge in [0.15, 0.2) is 0 Å². The molecule has 0 unspecified atom stereocenters. The molecule has 4 aromatic rings. The van der Waals surface area contributed by atoms with Gasteiger partial charge in [0.1, 0.15) is 0 Å². The van der Waals surface area contributed by atoms with Gasteiger partial charge in [0.2, 0.25) is 5.82 Å². The largest absolute Gasteiger partial charge is 0.320 e. The van der Waals surface area contributed by atoms with Crippen LogP contribution in [0.3, 0.4) is 0 Å². The number of hydrogen-bond acceptors (Lipinski definition) is 5. The third-order valence-corrected chi connectivity index (χ3v) is 4.41. The van der Waals surface area contributed by atoms with Crippen molar-refractivity contribution < 1.29 is 9.59 Å². The minimum Gasteiger partial charge on any atom is -0.320 e. The van der Waals surface area contributed by atoms with E-state index in [1.807, 2.05) is 6.92 Å². The minimum atomic E-state index is -0.511. The second-order valence-electron chi connectivity index (χ2n) is 6.19. The van der Waals surface area contributed by atoms with Crippen molar-refractivity contribution in [1.82, 2.24) is 19.6 Å². The maximum atomic E-state index is 12.6. The summed E-state index contributed by atoms with van der Waals surface area (Å²) < 4.78 is 1.49. The first-order valence-electron chi connectivity index (χ1n) is 8.67. The molecule has 0 spiro atoms. The Bertz CT molecular complexity index is 1220. The summed E-state index contributed by atoms with van der Waals surface area (Å²) in [7, 11) is 0. The van der Waals surface area contributed by atoms with E-state index < -0.39 is 5.91 Å². The van der Waals surface area contributed by atoms with Crippen LogP contribution in [0.5, 0.6) is 0 Å². The SMILES string of the molecule is Cc1ccnc2nc(C(=O)Nc3ccccc3NC(=O)c3ccc(Cl)cc3)nn12. The number of aryl methyl sites for hydroxylation is 1. The normalized spacial score (nSPS) is 10.7. The van der Waals surface area contributed by atoms with Gasteiger partial charge in [-0.05, 0) is 49.4 Å². The third-order valence-electron chi connectivity index (χ3n) is 4.16. The number of benzene rings is 2. The van der Waals surface area contributed by atoms with Crippen LogP contribution in [0.15, 0.2) is 60.8 Å². The predicted octanol–water partition coefficient (Wildman–Crippen LogP) is 3.59. The number of fused-ring (bicyclic) bond motifs is 1. The first-order valence-corrected chi connectivity index (χ1v) is 9.05. The topological polar surface area (TPSA) is 101 Å². The molecule has 8 nitrogen and oxygen atoms in total. The lowest BCUT2D eigenvalue weighted by molar-refractivity contribution is 0.101. The smallest absolute Gasteiger partial charge is 0.295 e. The van der Waals surface area contributed by atoms with Crippen molar-refractivity contribution >= 4 is 40.6 Å². The molecule has 0 aliphatic carbocycles. The lowest BCUT2D eigenvalue weighted by Crippen LogP contribution is -2.17. The molecule has 2 aromatic heterocycles. The molecule has 0 radical (unpaired) electrons. The Morgan fingerprint density at radius 3 is 2.24 bits per heavy atom. The van der Waals surface area contributed by atoms with E-state index in [1.54, 1.807) is 60.8 Å². The molecular weight excluding hydrogens is 392 g/mol. The predicted molar refractivity (Wildman–Crippen MR) is 109 cm³/mol. The van der Waals surface area contributed by atoms with E-state index in [2.05, 4.69) is 25.7 Å². The lowest BCUT2D eigenvalue weighted by atomic mass is 10.2. The van der Waals surface area contributed by atoms with E-state index in [1.165, 1.54) is 4.52 Å². The number of amides is 2. The molecular formula is C20H15ClN6O2. The van der Waals surface area contributed by atoms with Crippen molar-refractivity contribution in [3.63, 3.8) is 0 Å². The van der Waals surface area contributed by atoms with E-state index in [4.69, 9.17) is 11.6 Å². The summed E-state index contributed by atoms with van der Waals surface area (Å²) in [4.78, 5) is 33.4. The number of nitrogens with zero attached hydrogens (tertiary/aromatic N) is 4. The highest BCUT2D eigenvalue weighted by Crippen LogP contribution is 2.22. The Morgan fingerprint density at radius 2 is 1.59 bits per heavy atom. The van der Waals surface area contributed by atoms with E-state index >= 15 is 0 Å². The monoisotopic (exact) mass is 406 g/mol. The number of para-hydroxylation sites is 2. The van der Waals surface area contributed by atoms with Crippen LogP contribution in [0.1, 0.15) is 26.7 Å². The molecule has 4 rings (SSSR count). The van der Waals surface area contributed by atoms with Gasteiger partial charge >= 0.3 is 0 Å². The van der Waals surface area contributed by atoms with Gasteiger partial charge in [0, 0.05) is 22.5 Å². The van der Waals surface area contributed by atoms with Crippen molar-refractivity contribution in [1.29, 1.82) is 0 Å².